The Bertz CT molecular complexity index is 684. The van der Waals surface area contributed by atoms with Crippen LogP contribution in [0.25, 0.3) is 0 Å². The van der Waals surface area contributed by atoms with E-state index in [1.54, 1.807) is 6.07 Å². The summed E-state index contributed by atoms with van der Waals surface area (Å²) in [6.07, 6.45) is 2.42. The molecule has 5 nitrogen and oxygen atoms in total. The summed E-state index contributed by atoms with van der Waals surface area (Å²) in [4.78, 5) is 8.30. The predicted octanol–water partition coefficient (Wildman–Crippen LogP) is 3.71. The van der Waals surface area contributed by atoms with Crippen LogP contribution in [0.4, 0.5) is 21.8 Å². The fraction of sp³-hybridized carbons (Fsp3) is 0.214. The van der Waals surface area contributed by atoms with Crippen molar-refractivity contribution in [2.24, 2.45) is 0 Å². The van der Waals surface area contributed by atoms with Crippen LogP contribution in [-0.2, 0) is 0 Å². The molecular weight excluding hydrogens is 293 g/mol. The fourth-order valence-electron chi connectivity index (χ4n) is 1.60. The number of nitriles is 1. The summed E-state index contributed by atoms with van der Waals surface area (Å²) < 4.78 is 13.3. The van der Waals surface area contributed by atoms with Crippen LogP contribution in [0.15, 0.2) is 24.4 Å². The lowest BCUT2D eigenvalue weighted by atomic mass is 10.2. The van der Waals surface area contributed by atoms with E-state index >= 15 is 0 Å². The summed E-state index contributed by atoms with van der Waals surface area (Å²) in [6.45, 7) is 2.78. The van der Waals surface area contributed by atoms with E-state index in [1.165, 1.54) is 24.4 Å². The van der Waals surface area contributed by atoms with E-state index in [0.29, 0.717) is 22.5 Å². The third kappa shape index (κ3) is 3.80. The molecule has 0 aliphatic rings. The lowest BCUT2D eigenvalue weighted by molar-refractivity contribution is 0.624. The average Bonchev–Trinajstić information content (AvgIpc) is 2.50. The van der Waals surface area contributed by atoms with Gasteiger partial charge in [-0.05, 0) is 24.6 Å². The Morgan fingerprint density at radius 1 is 1.43 bits per heavy atom. The van der Waals surface area contributed by atoms with Crippen molar-refractivity contribution in [2.45, 2.75) is 13.3 Å². The topological polar surface area (TPSA) is 73.6 Å². The van der Waals surface area contributed by atoms with E-state index in [-0.39, 0.29) is 5.56 Å². The van der Waals surface area contributed by atoms with Gasteiger partial charge in [0, 0.05) is 12.2 Å². The number of halogens is 2. The van der Waals surface area contributed by atoms with Crippen LogP contribution < -0.4 is 10.6 Å². The number of anilines is 3. The van der Waals surface area contributed by atoms with Gasteiger partial charge in [0.2, 0.25) is 5.95 Å². The number of hydrogen-bond acceptors (Lipinski definition) is 5. The summed E-state index contributed by atoms with van der Waals surface area (Å²) in [5.41, 5.74) is 0.476. The molecule has 0 unspecified atom stereocenters. The molecule has 0 fully saturated rings. The van der Waals surface area contributed by atoms with Gasteiger partial charge in [-0.1, -0.05) is 18.5 Å². The predicted molar refractivity (Wildman–Crippen MR) is 80.2 cm³/mol. The Morgan fingerprint density at radius 3 is 2.95 bits per heavy atom. The first-order chi connectivity index (χ1) is 10.1. The second-order valence-corrected chi connectivity index (χ2v) is 4.66. The van der Waals surface area contributed by atoms with Crippen molar-refractivity contribution in [3.63, 3.8) is 0 Å². The van der Waals surface area contributed by atoms with Crippen molar-refractivity contribution in [3.05, 3.63) is 40.8 Å². The minimum atomic E-state index is -0.567. The number of nitrogens with zero attached hydrogens (tertiary/aromatic N) is 3. The first-order valence-corrected chi connectivity index (χ1v) is 6.75. The zero-order chi connectivity index (χ0) is 15.2. The van der Waals surface area contributed by atoms with E-state index in [4.69, 9.17) is 16.9 Å². The molecule has 0 saturated carbocycles. The lowest BCUT2D eigenvalue weighted by Crippen LogP contribution is -2.06. The van der Waals surface area contributed by atoms with E-state index in [0.717, 1.165) is 13.0 Å². The van der Waals surface area contributed by atoms with Crippen LogP contribution >= 0.6 is 11.6 Å². The smallest absolute Gasteiger partial charge is 0.224 e. The van der Waals surface area contributed by atoms with Gasteiger partial charge in [0.05, 0.1) is 11.8 Å². The van der Waals surface area contributed by atoms with Crippen molar-refractivity contribution in [1.82, 2.24) is 9.97 Å². The Labute approximate surface area is 126 Å². The van der Waals surface area contributed by atoms with Crippen LogP contribution in [-0.4, -0.2) is 16.5 Å². The van der Waals surface area contributed by atoms with Gasteiger partial charge in [-0.15, -0.1) is 0 Å². The van der Waals surface area contributed by atoms with Crippen molar-refractivity contribution in [3.8, 4) is 6.07 Å². The summed E-state index contributed by atoms with van der Waals surface area (Å²) in [6, 6.07) is 5.90. The highest BCUT2D eigenvalue weighted by atomic mass is 35.5. The number of nitrogens with one attached hydrogen (secondary N) is 2. The molecule has 1 heterocycles. The van der Waals surface area contributed by atoms with Crippen LogP contribution in [0.5, 0.6) is 0 Å². The standard InChI is InChI=1S/C14H13ClFN5/c1-2-5-18-14-19-8-11(15)13(21-14)20-10-3-4-12(16)9(6-10)7-17/h3-4,6,8H,2,5H2,1H3,(H2,18,19,20,21). The second-order valence-electron chi connectivity index (χ2n) is 4.25. The number of rotatable bonds is 5. The van der Waals surface area contributed by atoms with E-state index in [1.807, 2.05) is 6.92 Å². The Morgan fingerprint density at radius 2 is 2.24 bits per heavy atom. The largest absolute Gasteiger partial charge is 0.354 e. The highest BCUT2D eigenvalue weighted by Crippen LogP contribution is 2.24. The van der Waals surface area contributed by atoms with Crippen LogP contribution in [0.2, 0.25) is 5.02 Å². The zero-order valence-corrected chi connectivity index (χ0v) is 12.1. The lowest BCUT2D eigenvalue weighted by Gasteiger charge is -2.10. The van der Waals surface area contributed by atoms with Gasteiger partial charge < -0.3 is 10.6 Å². The molecule has 0 bridgehead atoms. The average molecular weight is 306 g/mol. The van der Waals surface area contributed by atoms with Gasteiger partial charge in [0.15, 0.2) is 5.82 Å². The molecule has 0 atom stereocenters. The molecule has 0 radical (unpaired) electrons. The van der Waals surface area contributed by atoms with Crippen LogP contribution in [0.3, 0.4) is 0 Å². The molecule has 0 aliphatic heterocycles. The molecule has 108 valence electrons. The minimum Gasteiger partial charge on any atom is -0.354 e. The third-order valence-corrected chi connectivity index (χ3v) is 2.90. The van der Waals surface area contributed by atoms with Crippen molar-refractivity contribution < 1.29 is 4.39 Å². The molecule has 2 N–H and O–H groups in total. The molecule has 2 aromatic rings. The van der Waals surface area contributed by atoms with E-state index in [2.05, 4.69) is 20.6 Å². The maximum atomic E-state index is 13.3. The van der Waals surface area contributed by atoms with E-state index in [9.17, 15) is 4.39 Å². The highest BCUT2D eigenvalue weighted by molar-refractivity contribution is 6.32. The summed E-state index contributed by atoms with van der Waals surface area (Å²) in [5.74, 6) is 0.272. The summed E-state index contributed by atoms with van der Waals surface area (Å²) in [7, 11) is 0. The van der Waals surface area contributed by atoms with E-state index < -0.39 is 5.82 Å². The molecular formula is C14H13ClFN5. The first-order valence-electron chi connectivity index (χ1n) is 6.37. The first kappa shape index (κ1) is 15.0. The number of aromatic nitrogens is 2. The molecule has 0 amide bonds. The maximum Gasteiger partial charge on any atom is 0.224 e. The Kier molecular flexibility index (Phi) is 4.90. The Hall–Kier alpha value is -2.39. The molecule has 1 aromatic carbocycles. The minimum absolute atomic E-state index is 0.0467. The van der Waals surface area contributed by atoms with Gasteiger partial charge in [-0.3, -0.25) is 0 Å². The normalized spacial score (nSPS) is 10.0. The summed E-state index contributed by atoms with van der Waals surface area (Å²) in [5, 5.41) is 15.2. The molecule has 0 saturated heterocycles. The Balaban J connectivity index is 2.24. The molecule has 1 aromatic heterocycles. The van der Waals surface area contributed by atoms with Crippen LogP contribution in [0, 0.1) is 17.1 Å². The molecule has 0 aliphatic carbocycles. The molecule has 21 heavy (non-hydrogen) atoms. The monoisotopic (exact) mass is 305 g/mol. The SMILES string of the molecule is CCCNc1ncc(Cl)c(Nc2ccc(F)c(C#N)c2)n1. The highest BCUT2D eigenvalue weighted by Gasteiger charge is 2.08. The third-order valence-electron chi connectivity index (χ3n) is 2.63. The van der Waals surface area contributed by atoms with Gasteiger partial charge in [-0.2, -0.15) is 10.2 Å². The van der Waals surface area contributed by atoms with Gasteiger partial charge >= 0.3 is 0 Å². The molecule has 7 heteroatoms. The van der Waals surface area contributed by atoms with Crippen molar-refractivity contribution in [1.29, 1.82) is 5.26 Å². The van der Waals surface area contributed by atoms with Gasteiger partial charge in [0.25, 0.3) is 0 Å². The second kappa shape index (κ2) is 6.86. The quantitative estimate of drug-likeness (QED) is 0.881. The van der Waals surface area contributed by atoms with Gasteiger partial charge in [0.1, 0.15) is 16.9 Å². The number of hydrogen-bond donors (Lipinski definition) is 2. The van der Waals surface area contributed by atoms with Crippen LogP contribution in [0.1, 0.15) is 18.9 Å². The van der Waals surface area contributed by atoms with Crippen molar-refractivity contribution in [2.75, 3.05) is 17.2 Å². The number of benzene rings is 1. The molecule has 0 spiro atoms. The van der Waals surface area contributed by atoms with Crippen molar-refractivity contribution >= 4 is 29.1 Å². The summed E-state index contributed by atoms with van der Waals surface area (Å²) >= 11 is 6.03. The maximum absolute atomic E-state index is 13.3. The molecule has 2 rings (SSSR count). The van der Waals surface area contributed by atoms with Gasteiger partial charge in [-0.25, -0.2) is 9.37 Å². The zero-order valence-electron chi connectivity index (χ0n) is 11.3. The fourth-order valence-corrected chi connectivity index (χ4v) is 1.74.